The third-order valence-corrected chi connectivity index (χ3v) is 4.65. The number of imidazole rings is 1. The molecular weight excluding hydrogens is 236 g/mol. The van der Waals surface area contributed by atoms with E-state index >= 15 is 0 Å². The Hall–Kier alpha value is -1.42. The molecule has 4 nitrogen and oxygen atoms in total. The fourth-order valence-electron chi connectivity index (χ4n) is 3.29. The van der Waals surface area contributed by atoms with Crippen molar-refractivity contribution in [2.45, 2.75) is 44.6 Å². The zero-order chi connectivity index (χ0) is 13.5. The summed E-state index contributed by atoms with van der Waals surface area (Å²) in [5.74, 6) is 1.83. The van der Waals surface area contributed by atoms with Gasteiger partial charge in [-0.3, -0.25) is 0 Å². The molecule has 2 N–H and O–H groups in total. The summed E-state index contributed by atoms with van der Waals surface area (Å²) >= 11 is 0. The number of pyridine rings is 1. The van der Waals surface area contributed by atoms with Gasteiger partial charge in [0.15, 0.2) is 5.65 Å². The van der Waals surface area contributed by atoms with Gasteiger partial charge in [0.25, 0.3) is 0 Å². The second-order valence-corrected chi connectivity index (χ2v) is 5.85. The third kappa shape index (κ3) is 2.04. The largest absolute Gasteiger partial charge is 0.319 e. The maximum Gasteiger partial charge on any atom is 0.159 e. The van der Waals surface area contributed by atoms with E-state index in [1.165, 1.54) is 19.3 Å². The molecule has 0 saturated heterocycles. The maximum atomic E-state index is 6.65. The van der Waals surface area contributed by atoms with Crippen LogP contribution in [0.2, 0.25) is 0 Å². The maximum absolute atomic E-state index is 6.65. The van der Waals surface area contributed by atoms with Gasteiger partial charge in [0, 0.05) is 13.2 Å². The number of fused-ring (bicyclic) bond motifs is 1. The standard InChI is InChI=1S/C15H22N4/c1-3-11-6-8-15(16,9-7-11)14-18-12-5-4-10-17-13(12)19(14)2/h4-5,10-11H,3,6-9,16H2,1-2H3. The minimum Gasteiger partial charge on any atom is -0.319 e. The molecule has 0 radical (unpaired) electrons. The number of hydrogen-bond donors (Lipinski definition) is 1. The summed E-state index contributed by atoms with van der Waals surface area (Å²) in [6.07, 6.45) is 7.56. The number of aryl methyl sites for hydroxylation is 1. The van der Waals surface area contributed by atoms with Crippen molar-refractivity contribution in [2.75, 3.05) is 0 Å². The number of nitrogens with two attached hydrogens (primary N) is 1. The Balaban J connectivity index is 1.98. The van der Waals surface area contributed by atoms with E-state index < -0.39 is 0 Å². The van der Waals surface area contributed by atoms with Gasteiger partial charge >= 0.3 is 0 Å². The first-order valence-corrected chi connectivity index (χ1v) is 7.21. The molecule has 2 heterocycles. The van der Waals surface area contributed by atoms with Crippen LogP contribution in [-0.2, 0) is 12.6 Å². The van der Waals surface area contributed by atoms with Crippen LogP contribution in [0.25, 0.3) is 11.2 Å². The van der Waals surface area contributed by atoms with E-state index in [0.717, 1.165) is 35.7 Å². The molecule has 0 unspecified atom stereocenters. The first-order chi connectivity index (χ1) is 9.14. The SMILES string of the molecule is CCC1CCC(N)(c2nc3cccnc3n2C)CC1. The van der Waals surface area contributed by atoms with Gasteiger partial charge in [-0.25, -0.2) is 9.97 Å². The Bertz CT molecular complexity index is 579. The van der Waals surface area contributed by atoms with E-state index in [1.54, 1.807) is 0 Å². The highest BCUT2D eigenvalue weighted by atomic mass is 15.1. The van der Waals surface area contributed by atoms with Crippen molar-refractivity contribution >= 4 is 11.2 Å². The second kappa shape index (κ2) is 4.60. The first-order valence-electron chi connectivity index (χ1n) is 7.21. The summed E-state index contributed by atoms with van der Waals surface area (Å²) in [7, 11) is 2.03. The lowest BCUT2D eigenvalue weighted by molar-refractivity contribution is 0.219. The highest BCUT2D eigenvalue weighted by Crippen LogP contribution is 2.38. The molecule has 1 saturated carbocycles. The molecule has 0 spiro atoms. The lowest BCUT2D eigenvalue weighted by atomic mass is 9.75. The molecule has 1 fully saturated rings. The fourth-order valence-corrected chi connectivity index (χ4v) is 3.29. The third-order valence-electron chi connectivity index (χ3n) is 4.65. The molecule has 0 amide bonds. The summed E-state index contributed by atoms with van der Waals surface area (Å²) in [6.45, 7) is 2.27. The van der Waals surface area contributed by atoms with Crippen LogP contribution in [-0.4, -0.2) is 14.5 Å². The lowest BCUT2D eigenvalue weighted by Crippen LogP contribution is -2.42. The normalized spacial score (nSPS) is 27.8. The van der Waals surface area contributed by atoms with Gasteiger partial charge in [-0.2, -0.15) is 0 Å². The van der Waals surface area contributed by atoms with E-state index in [0.29, 0.717) is 0 Å². The smallest absolute Gasteiger partial charge is 0.159 e. The average Bonchev–Trinajstić information content (AvgIpc) is 2.78. The minimum atomic E-state index is -0.277. The van der Waals surface area contributed by atoms with Gasteiger partial charge in [-0.15, -0.1) is 0 Å². The van der Waals surface area contributed by atoms with Crippen molar-refractivity contribution in [3.05, 3.63) is 24.2 Å². The minimum absolute atomic E-state index is 0.277. The molecule has 3 rings (SSSR count). The summed E-state index contributed by atoms with van der Waals surface area (Å²) < 4.78 is 2.07. The predicted molar refractivity (Wildman–Crippen MR) is 76.6 cm³/mol. The Morgan fingerprint density at radius 3 is 2.79 bits per heavy atom. The Morgan fingerprint density at radius 1 is 1.42 bits per heavy atom. The van der Waals surface area contributed by atoms with Crippen molar-refractivity contribution < 1.29 is 0 Å². The Morgan fingerprint density at radius 2 is 2.16 bits per heavy atom. The van der Waals surface area contributed by atoms with Crippen LogP contribution in [0, 0.1) is 5.92 Å². The molecule has 1 aliphatic rings. The van der Waals surface area contributed by atoms with Crippen LogP contribution in [0.4, 0.5) is 0 Å². The summed E-state index contributed by atoms with van der Waals surface area (Å²) in [5.41, 5.74) is 8.25. The van der Waals surface area contributed by atoms with Gasteiger partial charge in [-0.1, -0.05) is 13.3 Å². The van der Waals surface area contributed by atoms with Crippen LogP contribution in [0.15, 0.2) is 18.3 Å². The van der Waals surface area contributed by atoms with Crippen LogP contribution in [0.3, 0.4) is 0 Å². The Labute approximate surface area is 114 Å². The lowest BCUT2D eigenvalue weighted by Gasteiger charge is -2.36. The van der Waals surface area contributed by atoms with E-state index in [9.17, 15) is 0 Å². The topological polar surface area (TPSA) is 56.7 Å². The number of nitrogens with zero attached hydrogens (tertiary/aromatic N) is 3. The highest BCUT2D eigenvalue weighted by molar-refractivity contribution is 5.71. The number of hydrogen-bond acceptors (Lipinski definition) is 3. The van der Waals surface area contributed by atoms with Crippen molar-refractivity contribution in [3.63, 3.8) is 0 Å². The molecule has 4 heteroatoms. The van der Waals surface area contributed by atoms with Crippen molar-refractivity contribution in [2.24, 2.45) is 18.7 Å². The summed E-state index contributed by atoms with van der Waals surface area (Å²) in [5, 5.41) is 0. The van der Waals surface area contributed by atoms with E-state index in [-0.39, 0.29) is 5.54 Å². The van der Waals surface area contributed by atoms with E-state index in [4.69, 9.17) is 10.7 Å². The van der Waals surface area contributed by atoms with Gasteiger partial charge in [0.2, 0.25) is 0 Å². The molecule has 2 aromatic rings. The zero-order valence-electron chi connectivity index (χ0n) is 11.8. The molecule has 0 bridgehead atoms. The van der Waals surface area contributed by atoms with Gasteiger partial charge in [-0.05, 0) is 43.7 Å². The van der Waals surface area contributed by atoms with Gasteiger partial charge in [0.1, 0.15) is 11.3 Å². The van der Waals surface area contributed by atoms with Crippen LogP contribution >= 0.6 is 0 Å². The predicted octanol–water partition coefficient (Wildman–Crippen LogP) is 2.72. The molecule has 1 aliphatic carbocycles. The molecule has 0 aromatic carbocycles. The molecule has 0 aliphatic heterocycles. The monoisotopic (exact) mass is 258 g/mol. The van der Waals surface area contributed by atoms with Crippen LogP contribution in [0.5, 0.6) is 0 Å². The number of rotatable bonds is 2. The van der Waals surface area contributed by atoms with Crippen molar-refractivity contribution in [1.29, 1.82) is 0 Å². The van der Waals surface area contributed by atoms with Crippen molar-refractivity contribution in [1.82, 2.24) is 14.5 Å². The zero-order valence-corrected chi connectivity index (χ0v) is 11.8. The summed E-state index contributed by atoms with van der Waals surface area (Å²) in [4.78, 5) is 9.14. The highest BCUT2D eigenvalue weighted by Gasteiger charge is 2.36. The van der Waals surface area contributed by atoms with E-state index in [1.807, 2.05) is 25.4 Å². The van der Waals surface area contributed by atoms with Gasteiger partial charge in [0.05, 0.1) is 5.54 Å². The Kier molecular flexibility index (Phi) is 3.05. The average molecular weight is 258 g/mol. The molecular formula is C15H22N4. The van der Waals surface area contributed by atoms with Crippen LogP contribution < -0.4 is 5.73 Å². The van der Waals surface area contributed by atoms with Crippen molar-refractivity contribution in [3.8, 4) is 0 Å². The molecule has 0 atom stereocenters. The van der Waals surface area contributed by atoms with Gasteiger partial charge < -0.3 is 10.3 Å². The summed E-state index contributed by atoms with van der Waals surface area (Å²) in [6, 6.07) is 3.93. The fraction of sp³-hybridized carbons (Fsp3) is 0.600. The first kappa shape index (κ1) is 12.6. The quantitative estimate of drug-likeness (QED) is 0.901. The molecule has 2 aromatic heterocycles. The molecule has 102 valence electrons. The molecule has 19 heavy (non-hydrogen) atoms. The van der Waals surface area contributed by atoms with E-state index in [2.05, 4.69) is 16.5 Å². The number of aromatic nitrogens is 3. The second-order valence-electron chi connectivity index (χ2n) is 5.85. The van der Waals surface area contributed by atoms with Crippen LogP contribution in [0.1, 0.15) is 44.9 Å².